The van der Waals surface area contributed by atoms with E-state index in [1.807, 2.05) is 60.9 Å². The molecule has 6 aromatic rings. The van der Waals surface area contributed by atoms with E-state index < -0.39 is 23.9 Å². The minimum Gasteiger partial charge on any atom is -0.846 e. The average molecular weight is 902 g/mol. The van der Waals surface area contributed by atoms with Gasteiger partial charge < -0.3 is 48.8 Å². The van der Waals surface area contributed by atoms with Crippen molar-refractivity contribution in [3.05, 3.63) is 143 Å². The number of amidine groups is 4. The molecular formula is C44H40N10O8Zn. The predicted molar refractivity (Wildman–Crippen MR) is 225 cm³/mol. The number of carbonyl (C=O) groups excluding carboxylic acids is 2. The molecule has 4 heterocycles. The zero-order chi connectivity index (χ0) is 43.9. The van der Waals surface area contributed by atoms with Crippen molar-refractivity contribution in [3.8, 4) is 23.0 Å². The van der Waals surface area contributed by atoms with E-state index in [0.717, 1.165) is 54.9 Å². The maximum absolute atomic E-state index is 12.2. The Balaban J connectivity index is 0.000000206. The number of amides is 2. The molecule has 316 valence electrons. The van der Waals surface area contributed by atoms with Gasteiger partial charge in [0.1, 0.15) is 23.0 Å². The first-order valence-electron chi connectivity index (χ1n) is 19.0. The van der Waals surface area contributed by atoms with Crippen LogP contribution >= 0.6 is 0 Å². The second-order valence-corrected chi connectivity index (χ2v) is 14.1. The molecule has 0 atom stereocenters. The molecule has 0 saturated carbocycles. The quantitative estimate of drug-likeness (QED) is 0.171. The predicted octanol–water partition coefficient (Wildman–Crippen LogP) is 2.91. The fraction of sp³-hybridized carbons (Fsp3) is 0.182. The number of benzene rings is 4. The summed E-state index contributed by atoms with van der Waals surface area (Å²) in [5.74, 6) is 0.897. The van der Waals surface area contributed by atoms with Crippen molar-refractivity contribution in [1.82, 2.24) is 28.9 Å². The number of hydrogen-bond acceptors (Lipinski definition) is 12. The number of phenolic OH excluding ortho intramolecular Hbond substituents is 2. The molecule has 2 aromatic heterocycles. The van der Waals surface area contributed by atoms with Crippen molar-refractivity contribution >= 4 is 47.4 Å². The molecular weight excluding hydrogens is 862 g/mol. The van der Waals surface area contributed by atoms with Crippen LogP contribution in [0.15, 0.2) is 129 Å². The summed E-state index contributed by atoms with van der Waals surface area (Å²) in [6.07, 6.45) is 4.80. The number of ether oxygens (including phenoxy) is 2. The van der Waals surface area contributed by atoms with Crippen LogP contribution in [0.4, 0.5) is 11.9 Å². The van der Waals surface area contributed by atoms with E-state index in [0.29, 0.717) is 25.9 Å². The molecule has 2 N–H and O–H groups in total. The Morgan fingerprint density at radius 3 is 1.19 bits per heavy atom. The van der Waals surface area contributed by atoms with E-state index in [1.54, 1.807) is 71.9 Å². The standard InChI is InChI=1S/2C22H21N5O4.Zn/c2*1-26-20(29)19(25-22(26)30)24-21-23-16(11-14-5-9-18(31-2)10-6-14)13-27(21)12-15-3-7-17(28)8-4-15;/h2*3-10,13,28H,11-12H2,1-2H3,(H,23,24,25,30);/q;;+2/p-2. The molecule has 63 heavy (non-hydrogen) atoms. The molecule has 19 heteroatoms. The molecule has 0 fully saturated rings. The van der Waals surface area contributed by atoms with E-state index in [1.165, 1.54) is 14.1 Å². The van der Waals surface area contributed by atoms with Crippen LogP contribution < -0.4 is 19.7 Å². The molecule has 2 aliphatic heterocycles. The smallest absolute Gasteiger partial charge is 0.846 e. The first-order chi connectivity index (χ1) is 29.8. The Hall–Kier alpha value is -7.66. The van der Waals surface area contributed by atoms with E-state index in [-0.39, 0.29) is 54.5 Å². The van der Waals surface area contributed by atoms with Crippen LogP contribution in [0.2, 0.25) is 0 Å². The van der Waals surface area contributed by atoms with Crippen LogP contribution in [-0.2, 0) is 55.0 Å². The van der Waals surface area contributed by atoms with Crippen LogP contribution in [0.1, 0.15) is 33.6 Å². The van der Waals surface area contributed by atoms with Gasteiger partial charge in [0.15, 0.2) is 0 Å². The molecule has 4 aromatic carbocycles. The summed E-state index contributed by atoms with van der Waals surface area (Å²) in [6.45, 7) is 0.833. The van der Waals surface area contributed by atoms with Crippen molar-refractivity contribution in [2.24, 2.45) is 20.0 Å². The zero-order valence-corrected chi connectivity index (χ0v) is 37.7. The van der Waals surface area contributed by atoms with E-state index in [4.69, 9.17) is 9.47 Å². The first kappa shape index (κ1) is 44.9. The average Bonchev–Trinajstić information content (AvgIpc) is 3.97. The Kier molecular flexibility index (Phi) is 14.1. The second kappa shape index (κ2) is 19.8. The van der Waals surface area contributed by atoms with Crippen molar-refractivity contribution in [3.63, 3.8) is 0 Å². The number of likely N-dealkylation sites (N-methyl/N-ethyl adjacent to an activating group) is 2. The SMILES string of the molecule is COc1ccc(Cc2cn(Cc3ccc(O)cc3)c(/N=C3/N=C([O-])N(C)C3=O)n2)cc1.COc1ccc(Cc2cn(Cc3ccc(O)cc3)c(/N=C3/N=C([O-])N(C)C3=O)n2)cc1.[Zn+2]. The van der Waals surface area contributed by atoms with Gasteiger partial charge in [0.2, 0.25) is 23.6 Å². The van der Waals surface area contributed by atoms with Gasteiger partial charge >= 0.3 is 19.5 Å². The summed E-state index contributed by atoms with van der Waals surface area (Å²) >= 11 is 0. The minimum atomic E-state index is -0.654. The van der Waals surface area contributed by atoms with Crippen LogP contribution in [0.3, 0.4) is 0 Å². The Labute approximate surface area is 374 Å². The van der Waals surface area contributed by atoms with Crippen molar-refractivity contribution < 1.29 is 59.0 Å². The summed E-state index contributed by atoms with van der Waals surface area (Å²) < 4.78 is 13.9. The monoisotopic (exact) mass is 900 g/mol. The summed E-state index contributed by atoms with van der Waals surface area (Å²) in [4.78, 5) is 51.3. The molecule has 2 amide bonds. The van der Waals surface area contributed by atoms with E-state index in [9.17, 15) is 30.0 Å². The van der Waals surface area contributed by atoms with Crippen molar-refractivity contribution in [1.29, 1.82) is 0 Å². The third kappa shape index (κ3) is 11.0. The fourth-order valence-corrected chi connectivity index (χ4v) is 6.24. The summed E-state index contributed by atoms with van der Waals surface area (Å²) in [7, 11) is 5.94. The molecule has 0 aliphatic carbocycles. The molecule has 0 radical (unpaired) electrons. The molecule has 18 nitrogen and oxygen atoms in total. The van der Waals surface area contributed by atoms with Crippen LogP contribution in [0, 0.1) is 0 Å². The largest absolute Gasteiger partial charge is 2.00 e. The summed E-state index contributed by atoms with van der Waals surface area (Å²) in [5, 5.41) is 42.4. The molecule has 0 spiro atoms. The van der Waals surface area contributed by atoms with Crippen LogP contribution in [-0.4, -0.2) is 103 Å². The number of aromatic nitrogens is 4. The summed E-state index contributed by atoms with van der Waals surface area (Å²) in [6, 6.07) is 27.5. The summed E-state index contributed by atoms with van der Waals surface area (Å²) in [5.41, 5.74) is 5.38. The van der Waals surface area contributed by atoms with Gasteiger partial charge in [-0.1, -0.05) is 48.5 Å². The maximum Gasteiger partial charge on any atom is 2.00 e. The van der Waals surface area contributed by atoms with Crippen molar-refractivity contribution in [2.75, 3.05) is 28.3 Å². The Morgan fingerprint density at radius 2 is 0.889 bits per heavy atom. The number of hydrogen-bond donors (Lipinski definition) is 2. The number of nitrogens with zero attached hydrogens (tertiary/aromatic N) is 10. The maximum atomic E-state index is 12.2. The van der Waals surface area contributed by atoms with E-state index in [2.05, 4.69) is 29.9 Å². The van der Waals surface area contributed by atoms with Gasteiger partial charge in [0.05, 0.1) is 50.7 Å². The molecule has 0 bridgehead atoms. The third-order valence-corrected chi connectivity index (χ3v) is 9.66. The first-order valence-corrected chi connectivity index (χ1v) is 19.0. The van der Waals surface area contributed by atoms with Gasteiger partial charge in [-0.25, -0.2) is 20.0 Å². The number of aliphatic imine (C=N–C) groups is 4. The molecule has 0 saturated heterocycles. The number of phenols is 2. The minimum absolute atomic E-state index is 0. The molecule has 8 rings (SSSR count). The van der Waals surface area contributed by atoms with Crippen molar-refractivity contribution in [2.45, 2.75) is 25.9 Å². The number of methoxy groups -OCH3 is 2. The van der Waals surface area contributed by atoms with Crippen LogP contribution in [0.5, 0.6) is 23.0 Å². The number of imidazole rings is 2. The number of carbonyl (C=O) groups is 2. The molecule has 2 aliphatic rings. The number of aromatic hydroxyl groups is 2. The van der Waals surface area contributed by atoms with Gasteiger partial charge in [0, 0.05) is 39.3 Å². The topological polar surface area (TPSA) is 231 Å². The third-order valence-electron chi connectivity index (χ3n) is 9.66. The van der Waals surface area contributed by atoms with Crippen LogP contribution in [0.25, 0.3) is 0 Å². The second-order valence-electron chi connectivity index (χ2n) is 14.1. The Bertz CT molecular complexity index is 2520. The normalized spacial score (nSPS) is 14.7. The van der Waals surface area contributed by atoms with Gasteiger partial charge in [-0.15, -0.1) is 0 Å². The number of rotatable bonds is 12. The fourth-order valence-electron chi connectivity index (χ4n) is 6.24. The van der Waals surface area contributed by atoms with Gasteiger partial charge in [-0.2, -0.15) is 9.98 Å². The van der Waals surface area contributed by atoms with E-state index >= 15 is 0 Å². The van der Waals surface area contributed by atoms with Gasteiger partial charge in [0.25, 0.3) is 11.8 Å². The Morgan fingerprint density at radius 1 is 0.556 bits per heavy atom. The van der Waals surface area contributed by atoms with Gasteiger partial charge in [-0.05, 0) is 70.8 Å². The van der Waals surface area contributed by atoms with Gasteiger partial charge in [-0.3, -0.25) is 9.59 Å². The zero-order valence-electron chi connectivity index (χ0n) is 34.7. The molecule has 0 unspecified atom stereocenters.